The summed E-state index contributed by atoms with van der Waals surface area (Å²) in [5.74, 6) is 0.697. The largest absolute Gasteiger partial charge is 0.459 e. The van der Waals surface area contributed by atoms with E-state index in [9.17, 15) is 4.79 Å². The molecule has 1 aliphatic heterocycles. The van der Waals surface area contributed by atoms with Crippen LogP contribution < -0.4 is 10.6 Å². The highest BCUT2D eigenvalue weighted by atomic mass is 16.5. The van der Waals surface area contributed by atoms with Crippen molar-refractivity contribution in [3.05, 3.63) is 35.6 Å². The minimum absolute atomic E-state index is 0.102. The molecule has 1 saturated heterocycles. The van der Waals surface area contributed by atoms with Crippen molar-refractivity contribution in [1.29, 1.82) is 0 Å². The van der Waals surface area contributed by atoms with Gasteiger partial charge in [0.05, 0.1) is 12.6 Å². The van der Waals surface area contributed by atoms with Crippen LogP contribution in [0.5, 0.6) is 0 Å². The van der Waals surface area contributed by atoms with Gasteiger partial charge in [-0.1, -0.05) is 18.2 Å². The van der Waals surface area contributed by atoms with Crippen LogP contribution in [0.25, 0.3) is 11.0 Å². The Morgan fingerprint density at radius 1 is 1.43 bits per heavy atom. The summed E-state index contributed by atoms with van der Waals surface area (Å²) in [7, 11) is 0. The summed E-state index contributed by atoms with van der Waals surface area (Å²) in [6.07, 6.45) is -0.425. The van der Waals surface area contributed by atoms with E-state index >= 15 is 0 Å². The molecule has 0 aliphatic carbocycles. The van der Waals surface area contributed by atoms with Crippen molar-refractivity contribution in [2.24, 2.45) is 0 Å². The number of benzene rings is 1. The second-order valence-electron chi connectivity index (χ2n) is 5.38. The number of nitrogens with one attached hydrogen (secondary N) is 2. The highest BCUT2D eigenvalue weighted by molar-refractivity contribution is 5.83. The number of morpholine rings is 1. The van der Waals surface area contributed by atoms with Gasteiger partial charge in [0.2, 0.25) is 0 Å². The number of ether oxygens (including phenoxy) is 1. The highest BCUT2D eigenvalue weighted by Crippen LogP contribution is 2.29. The van der Waals surface area contributed by atoms with Gasteiger partial charge >= 0.3 is 0 Å². The lowest BCUT2D eigenvalue weighted by atomic mass is 10.1. The van der Waals surface area contributed by atoms with Crippen molar-refractivity contribution < 1.29 is 13.9 Å². The van der Waals surface area contributed by atoms with Gasteiger partial charge in [-0.2, -0.15) is 0 Å². The van der Waals surface area contributed by atoms with Crippen LogP contribution in [0.1, 0.15) is 24.3 Å². The van der Waals surface area contributed by atoms with Crippen molar-refractivity contribution in [3.8, 4) is 0 Å². The first kappa shape index (κ1) is 14.1. The standard InChI is InChI=1S/C16H20N2O3/c1-10-12-5-3-4-6-13(12)21-15(10)11(2)18-16(19)14-9-17-7-8-20-14/h3-6,11,14,17H,7-9H2,1-2H3,(H,18,19). The number of aryl methyl sites for hydroxylation is 1. The quantitative estimate of drug-likeness (QED) is 0.905. The number of carbonyl (C=O) groups excluding carboxylic acids is 1. The second kappa shape index (κ2) is 5.87. The van der Waals surface area contributed by atoms with E-state index in [0.717, 1.165) is 28.8 Å². The Hall–Kier alpha value is -1.85. The molecule has 1 aromatic carbocycles. The predicted molar refractivity (Wildman–Crippen MR) is 80.1 cm³/mol. The van der Waals surface area contributed by atoms with Crippen molar-refractivity contribution in [3.63, 3.8) is 0 Å². The van der Waals surface area contributed by atoms with Gasteiger partial charge in [0.25, 0.3) is 5.91 Å². The molecule has 5 heteroatoms. The smallest absolute Gasteiger partial charge is 0.251 e. The molecule has 2 atom stereocenters. The van der Waals surface area contributed by atoms with E-state index in [1.54, 1.807) is 0 Å². The predicted octanol–water partition coefficient (Wildman–Crippen LogP) is 1.91. The van der Waals surface area contributed by atoms with Gasteiger partial charge < -0.3 is 19.8 Å². The third-order valence-corrected chi connectivity index (χ3v) is 3.85. The first-order valence-corrected chi connectivity index (χ1v) is 7.27. The number of furan rings is 1. The summed E-state index contributed by atoms with van der Waals surface area (Å²) >= 11 is 0. The number of hydrogen-bond donors (Lipinski definition) is 2. The zero-order valence-corrected chi connectivity index (χ0v) is 12.3. The molecular formula is C16H20N2O3. The molecule has 0 saturated carbocycles. The Morgan fingerprint density at radius 2 is 2.24 bits per heavy atom. The molecule has 1 aromatic heterocycles. The zero-order chi connectivity index (χ0) is 14.8. The highest BCUT2D eigenvalue weighted by Gasteiger charge is 2.25. The van der Waals surface area contributed by atoms with E-state index in [4.69, 9.17) is 9.15 Å². The van der Waals surface area contributed by atoms with E-state index in [2.05, 4.69) is 10.6 Å². The van der Waals surface area contributed by atoms with Crippen LogP contribution in [0.2, 0.25) is 0 Å². The third kappa shape index (κ3) is 2.80. The molecule has 0 bridgehead atoms. The van der Waals surface area contributed by atoms with Gasteiger partial charge in [0.15, 0.2) is 0 Å². The first-order chi connectivity index (χ1) is 10.2. The lowest BCUT2D eigenvalue weighted by molar-refractivity contribution is -0.135. The molecule has 5 nitrogen and oxygen atoms in total. The maximum atomic E-state index is 12.2. The summed E-state index contributed by atoms with van der Waals surface area (Å²) in [5, 5.41) is 7.21. The fourth-order valence-electron chi connectivity index (χ4n) is 2.71. The number of para-hydroxylation sites is 1. The van der Waals surface area contributed by atoms with Gasteiger partial charge in [-0.05, 0) is 19.9 Å². The molecule has 2 heterocycles. The van der Waals surface area contributed by atoms with Gasteiger partial charge in [0.1, 0.15) is 17.4 Å². The maximum Gasteiger partial charge on any atom is 0.251 e. The minimum atomic E-state index is -0.425. The Kier molecular flexibility index (Phi) is 3.94. The molecule has 3 rings (SSSR count). The molecule has 1 fully saturated rings. The van der Waals surface area contributed by atoms with Crippen LogP contribution in [-0.2, 0) is 9.53 Å². The summed E-state index contributed by atoms with van der Waals surface area (Å²) in [6, 6.07) is 7.71. The van der Waals surface area contributed by atoms with Gasteiger partial charge in [-0.3, -0.25) is 4.79 Å². The number of fused-ring (bicyclic) bond motifs is 1. The summed E-state index contributed by atoms with van der Waals surface area (Å²) < 4.78 is 11.3. The first-order valence-electron chi connectivity index (χ1n) is 7.27. The molecule has 1 amide bonds. The van der Waals surface area contributed by atoms with Gasteiger partial charge in [-0.25, -0.2) is 0 Å². The second-order valence-corrected chi connectivity index (χ2v) is 5.38. The molecule has 2 unspecified atom stereocenters. The van der Waals surface area contributed by atoms with E-state index in [0.29, 0.717) is 13.2 Å². The molecule has 112 valence electrons. The van der Waals surface area contributed by atoms with Crippen molar-refractivity contribution in [1.82, 2.24) is 10.6 Å². The Bertz CT molecular complexity index is 644. The average Bonchev–Trinajstić information content (AvgIpc) is 2.86. The monoisotopic (exact) mass is 288 g/mol. The van der Waals surface area contributed by atoms with Crippen LogP contribution in [0.3, 0.4) is 0 Å². The van der Waals surface area contributed by atoms with Crippen molar-refractivity contribution in [2.75, 3.05) is 19.7 Å². The average molecular weight is 288 g/mol. The third-order valence-electron chi connectivity index (χ3n) is 3.85. The van der Waals surface area contributed by atoms with Crippen molar-refractivity contribution in [2.45, 2.75) is 26.0 Å². The summed E-state index contributed by atoms with van der Waals surface area (Å²) in [6.45, 7) is 5.86. The number of carbonyl (C=O) groups is 1. The zero-order valence-electron chi connectivity index (χ0n) is 12.3. The van der Waals surface area contributed by atoms with Crippen LogP contribution in [-0.4, -0.2) is 31.7 Å². The van der Waals surface area contributed by atoms with Crippen LogP contribution >= 0.6 is 0 Å². The molecule has 2 aromatic rings. The SMILES string of the molecule is Cc1c(C(C)NC(=O)C2CNCCO2)oc2ccccc12. The van der Waals surface area contributed by atoms with Crippen LogP contribution in [0.15, 0.2) is 28.7 Å². The molecular weight excluding hydrogens is 268 g/mol. The maximum absolute atomic E-state index is 12.2. The van der Waals surface area contributed by atoms with Crippen LogP contribution in [0.4, 0.5) is 0 Å². The Labute approximate surface area is 123 Å². The molecule has 2 N–H and O–H groups in total. The summed E-state index contributed by atoms with van der Waals surface area (Å²) in [4.78, 5) is 12.2. The van der Waals surface area contributed by atoms with E-state index in [-0.39, 0.29) is 11.9 Å². The van der Waals surface area contributed by atoms with E-state index in [1.807, 2.05) is 38.1 Å². The lowest BCUT2D eigenvalue weighted by Gasteiger charge is -2.24. The van der Waals surface area contributed by atoms with Gasteiger partial charge in [-0.15, -0.1) is 0 Å². The molecule has 21 heavy (non-hydrogen) atoms. The number of rotatable bonds is 3. The Morgan fingerprint density at radius 3 is 2.95 bits per heavy atom. The molecule has 1 aliphatic rings. The van der Waals surface area contributed by atoms with Crippen molar-refractivity contribution >= 4 is 16.9 Å². The summed E-state index contributed by atoms with van der Waals surface area (Å²) in [5.41, 5.74) is 1.92. The number of hydrogen-bond acceptors (Lipinski definition) is 4. The van der Waals surface area contributed by atoms with E-state index in [1.165, 1.54) is 0 Å². The topological polar surface area (TPSA) is 63.5 Å². The lowest BCUT2D eigenvalue weighted by Crippen LogP contribution is -2.48. The van der Waals surface area contributed by atoms with Gasteiger partial charge in [0, 0.05) is 24.0 Å². The minimum Gasteiger partial charge on any atom is -0.459 e. The van der Waals surface area contributed by atoms with E-state index < -0.39 is 6.10 Å². The fraction of sp³-hybridized carbons (Fsp3) is 0.438. The van der Waals surface area contributed by atoms with Crippen LogP contribution in [0, 0.1) is 6.92 Å². The normalized spacial score (nSPS) is 20.4. The Balaban J connectivity index is 1.75. The fourth-order valence-corrected chi connectivity index (χ4v) is 2.71. The number of amides is 1. The molecule has 0 radical (unpaired) electrons. The molecule has 0 spiro atoms.